The van der Waals surface area contributed by atoms with E-state index in [1.54, 1.807) is 18.7 Å². The number of carbonyl (C=O) groups excluding carboxylic acids is 1. The fraction of sp³-hybridized carbons (Fsp3) is 0.640. The summed E-state index contributed by atoms with van der Waals surface area (Å²) in [6.45, 7) is 4.80. The van der Waals surface area contributed by atoms with Crippen LogP contribution in [0.3, 0.4) is 0 Å². The fourth-order valence-corrected chi connectivity index (χ4v) is 6.91. The molecule has 1 unspecified atom stereocenters. The molecular formula is C25H34O3. The van der Waals surface area contributed by atoms with E-state index in [0.29, 0.717) is 17.4 Å². The van der Waals surface area contributed by atoms with Crippen molar-refractivity contribution in [3.8, 4) is 5.75 Å². The Balaban J connectivity index is 1.63. The number of fused-ring (bicyclic) bond motifs is 2. The van der Waals surface area contributed by atoms with Gasteiger partial charge in [-0.1, -0.05) is 31.9 Å². The van der Waals surface area contributed by atoms with Crippen LogP contribution < -0.4 is 4.74 Å². The summed E-state index contributed by atoms with van der Waals surface area (Å²) >= 11 is 0. The molecule has 0 aromatic heterocycles. The van der Waals surface area contributed by atoms with E-state index >= 15 is 0 Å². The third-order valence-corrected chi connectivity index (χ3v) is 8.08. The molecule has 2 fully saturated rings. The lowest BCUT2D eigenvalue weighted by atomic mass is 9.59. The van der Waals surface area contributed by atoms with Gasteiger partial charge < -0.3 is 9.47 Å². The summed E-state index contributed by atoms with van der Waals surface area (Å²) in [6, 6.07) is 6.80. The van der Waals surface area contributed by atoms with Gasteiger partial charge in [-0.15, -0.1) is 0 Å². The number of benzene rings is 1. The minimum Gasteiger partial charge on any atom is -0.497 e. The van der Waals surface area contributed by atoms with Crippen molar-refractivity contribution < 1.29 is 14.3 Å². The number of allylic oxidation sites excluding steroid dienone is 1. The molecule has 4 rings (SSSR count). The van der Waals surface area contributed by atoms with Crippen LogP contribution >= 0.6 is 0 Å². The Morgan fingerprint density at radius 1 is 1.32 bits per heavy atom. The van der Waals surface area contributed by atoms with Gasteiger partial charge in [-0.3, -0.25) is 0 Å². The molecule has 1 spiro atoms. The number of ether oxygens (including phenoxy) is 2. The molecule has 4 atom stereocenters. The Kier molecular flexibility index (Phi) is 5.28. The molecule has 0 saturated heterocycles. The third-order valence-electron chi connectivity index (χ3n) is 8.08. The number of carbonyl (C=O) groups is 1. The highest BCUT2D eigenvalue weighted by molar-refractivity contribution is 5.81. The van der Waals surface area contributed by atoms with E-state index in [1.165, 1.54) is 44.1 Å². The summed E-state index contributed by atoms with van der Waals surface area (Å²) in [5, 5.41) is 0. The molecule has 0 radical (unpaired) electrons. The van der Waals surface area contributed by atoms with Crippen molar-refractivity contribution in [2.75, 3.05) is 13.7 Å². The molecule has 2 saturated carbocycles. The molecule has 0 aliphatic heterocycles. The van der Waals surface area contributed by atoms with Crippen LogP contribution in [0, 0.1) is 17.3 Å². The summed E-state index contributed by atoms with van der Waals surface area (Å²) in [4.78, 5) is 11.6. The molecule has 3 heteroatoms. The van der Waals surface area contributed by atoms with Crippen LogP contribution in [0.2, 0.25) is 0 Å². The van der Waals surface area contributed by atoms with Crippen LogP contribution in [0.1, 0.15) is 69.9 Å². The third kappa shape index (κ3) is 3.07. The van der Waals surface area contributed by atoms with E-state index in [0.717, 1.165) is 30.4 Å². The van der Waals surface area contributed by atoms with Crippen LogP contribution in [0.15, 0.2) is 30.4 Å². The molecule has 0 amide bonds. The van der Waals surface area contributed by atoms with E-state index in [2.05, 4.69) is 25.1 Å². The molecular weight excluding hydrogens is 348 g/mol. The molecule has 1 aromatic carbocycles. The second kappa shape index (κ2) is 7.57. The van der Waals surface area contributed by atoms with Crippen LogP contribution in [-0.2, 0) is 21.4 Å². The van der Waals surface area contributed by atoms with Gasteiger partial charge in [0.15, 0.2) is 0 Å². The standard InChI is InChI=1S/C25H34O3/c1-4-28-23(26)10-6-7-13-24-16-19-11-12-20(27-3)15-22(19)25(17-24)14-8-5-9-21(25)18(24)2/h6,10-12,15,18,21H,4-5,7-9,13-14,16-17H2,1-3H3/b10-6+/t18-,21-,24?,25+/m1/s1. The zero-order valence-corrected chi connectivity index (χ0v) is 17.6. The lowest BCUT2D eigenvalue weighted by Gasteiger charge is -2.45. The fourth-order valence-electron chi connectivity index (χ4n) is 6.91. The largest absolute Gasteiger partial charge is 0.497 e. The van der Waals surface area contributed by atoms with E-state index in [9.17, 15) is 4.79 Å². The maximum absolute atomic E-state index is 11.6. The predicted octanol–water partition coefficient (Wildman–Crippen LogP) is 5.61. The maximum atomic E-state index is 11.6. The predicted molar refractivity (Wildman–Crippen MR) is 112 cm³/mol. The summed E-state index contributed by atoms with van der Waals surface area (Å²) in [5.41, 5.74) is 3.82. The zero-order valence-electron chi connectivity index (χ0n) is 17.6. The first-order chi connectivity index (χ1) is 13.5. The monoisotopic (exact) mass is 382 g/mol. The number of rotatable bonds is 6. The number of hydrogen-bond donors (Lipinski definition) is 0. The topological polar surface area (TPSA) is 35.5 Å². The van der Waals surface area contributed by atoms with Crippen molar-refractivity contribution in [2.45, 2.75) is 70.6 Å². The van der Waals surface area contributed by atoms with Crippen LogP contribution in [0.5, 0.6) is 5.75 Å². The van der Waals surface area contributed by atoms with Crippen molar-refractivity contribution in [1.82, 2.24) is 0 Å². The zero-order chi connectivity index (χ0) is 19.8. The Morgan fingerprint density at radius 2 is 2.18 bits per heavy atom. The van der Waals surface area contributed by atoms with Crippen molar-refractivity contribution >= 4 is 5.97 Å². The van der Waals surface area contributed by atoms with Gasteiger partial charge in [0.1, 0.15) is 5.75 Å². The van der Waals surface area contributed by atoms with Crippen molar-refractivity contribution in [2.24, 2.45) is 17.3 Å². The first-order valence-corrected chi connectivity index (χ1v) is 11.1. The minimum atomic E-state index is -0.217. The number of esters is 1. The highest BCUT2D eigenvalue weighted by atomic mass is 16.5. The quantitative estimate of drug-likeness (QED) is 0.474. The SMILES string of the molecule is CCOC(=O)/C=C/CCC12Cc3ccc(OC)cc3[C@@]3(CCCC[C@@H]3[C@H]1C)C2. The summed E-state index contributed by atoms with van der Waals surface area (Å²) < 4.78 is 10.6. The van der Waals surface area contributed by atoms with Gasteiger partial charge in [-0.2, -0.15) is 0 Å². The van der Waals surface area contributed by atoms with Crippen LogP contribution in [0.25, 0.3) is 0 Å². The van der Waals surface area contributed by atoms with Crippen LogP contribution in [-0.4, -0.2) is 19.7 Å². The van der Waals surface area contributed by atoms with Crippen LogP contribution in [0.4, 0.5) is 0 Å². The summed E-state index contributed by atoms with van der Waals surface area (Å²) in [5.74, 6) is 2.29. The number of methoxy groups -OCH3 is 1. The van der Waals surface area contributed by atoms with Gasteiger partial charge in [0.2, 0.25) is 0 Å². The van der Waals surface area contributed by atoms with Gasteiger partial charge >= 0.3 is 5.97 Å². The Hall–Kier alpha value is -1.77. The Labute approximate surface area is 169 Å². The smallest absolute Gasteiger partial charge is 0.330 e. The van der Waals surface area contributed by atoms with E-state index in [-0.39, 0.29) is 5.97 Å². The van der Waals surface area contributed by atoms with E-state index in [1.807, 2.05) is 13.0 Å². The molecule has 28 heavy (non-hydrogen) atoms. The molecule has 3 aliphatic carbocycles. The van der Waals surface area contributed by atoms with Gasteiger partial charge in [-0.05, 0) is 91.4 Å². The van der Waals surface area contributed by atoms with E-state index < -0.39 is 0 Å². The minimum absolute atomic E-state index is 0.217. The van der Waals surface area contributed by atoms with Crippen molar-refractivity contribution in [3.63, 3.8) is 0 Å². The molecule has 152 valence electrons. The second-order valence-corrected chi connectivity index (χ2v) is 9.23. The second-order valence-electron chi connectivity index (χ2n) is 9.23. The first-order valence-electron chi connectivity index (χ1n) is 11.1. The number of hydrogen-bond acceptors (Lipinski definition) is 3. The maximum Gasteiger partial charge on any atom is 0.330 e. The average Bonchev–Trinajstić information content (AvgIpc) is 2.91. The van der Waals surface area contributed by atoms with Gasteiger partial charge in [0.05, 0.1) is 13.7 Å². The molecule has 1 aromatic rings. The molecule has 3 aliphatic rings. The van der Waals surface area contributed by atoms with Crippen molar-refractivity contribution in [3.05, 3.63) is 41.5 Å². The lowest BCUT2D eigenvalue weighted by Crippen LogP contribution is -2.38. The molecule has 3 nitrogen and oxygen atoms in total. The van der Waals surface area contributed by atoms with E-state index in [4.69, 9.17) is 9.47 Å². The molecule has 0 heterocycles. The van der Waals surface area contributed by atoms with Gasteiger partial charge in [0.25, 0.3) is 0 Å². The molecule has 0 N–H and O–H groups in total. The van der Waals surface area contributed by atoms with Gasteiger partial charge in [0, 0.05) is 6.08 Å². The highest BCUT2D eigenvalue weighted by Crippen LogP contribution is 2.68. The Morgan fingerprint density at radius 3 is 2.96 bits per heavy atom. The summed E-state index contributed by atoms with van der Waals surface area (Å²) in [6.07, 6.45) is 13.6. The highest BCUT2D eigenvalue weighted by Gasteiger charge is 2.62. The normalized spacial score (nSPS) is 33.4. The average molecular weight is 383 g/mol. The first kappa shape index (κ1) is 19.5. The molecule has 2 bridgehead atoms. The van der Waals surface area contributed by atoms with Crippen molar-refractivity contribution in [1.29, 1.82) is 0 Å². The summed E-state index contributed by atoms with van der Waals surface area (Å²) in [7, 11) is 1.78. The Bertz CT molecular complexity index is 767. The lowest BCUT2D eigenvalue weighted by molar-refractivity contribution is -0.137. The van der Waals surface area contributed by atoms with Gasteiger partial charge in [-0.25, -0.2) is 4.79 Å².